The van der Waals surface area contributed by atoms with Crippen LogP contribution in [0.5, 0.6) is 0 Å². The summed E-state index contributed by atoms with van der Waals surface area (Å²) in [5, 5.41) is 5.97. The molecule has 2 aromatic carbocycles. The van der Waals surface area contributed by atoms with Crippen molar-refractivity contribution in [2.45, 2.75) is 46.6 Å². The zero-order chi connectivity index (χ0) is 20.9. The van der Waals surface area contributed by atoms with Crippen molar-refractivity contribution in [3.63, 3.8) is 0 Å². The van der Waals surface area contributed by atoms with Crippen LogP contribution < -0.4 is 15.5 Å². The largest absolute Gasteiger partial charge is 0.371 e. The number of rotatable bonds is 5. The first-order valence-electron chi connectivity index (χ1n) is 10.4. The predicted octanol–water partition coefficient (Wildman–Crippen LogP) is 4.59. The summed E-state index contributed by atoms with van der Waals surface area (Å²) in [6, 6.07) is 15.5. The molecule has 1 heterocycles. The number of carbonyl (C=O) groups is 2. The Kier molecular flexibility index (Phi) is 6.57. The molecule has 154 valence electrons. The number of carbonyl (C=O) groups excluding carboxylic acids is 2. The Morgan fingerprint density at radius 3 is 2.31 bits per heavy atom. The summed E-state index contributed by atoms with van der Waals surface area (Å²) in [4.78, 5) is 27.7. The molecule has 5 nitrogen and oxygen atoms in total. The molecule has 5 heteroatoms. The van der Waals surface area contributed by atoms with Crippen LogP contribution in [0.1, 0.15) is 56.0 Å². The van der Waals surface area contributed by atoms with Gasteiger partial charge in [-0.2, -0.15) is 0 Å². The van der Waals surface area contributed by atoms with Gasteiger partial charge in [0.25, 0.3) is 5.91 Å². The number of hydrogen-bond donors (Lipinski definition) is 2. The van der Waals surface area contributed by atoms with E-state index in [0.29, 0.717) is 17.8 Å². The Morgan fingerprint density at radius 2 is 1.66 bits per heavy atom. The summed E-state index contributed by atoms with van der Waals surface area (Å²) in [5.74, 6) is -0.194. The van der Waals surface area contributed by atoms with Crippen LogP contribution in [0.15, 0.2) is 48.5 Å². The van der Waals surface area contributed by atoms with E-state index in [9.17, 15) is 9.59 Å². The molecule has 0 bridgehead atoms. The zero-order valence-electron chi connectivity index (χ0n) is 17.6. The minimum absolute atomic E-state index is 0.0705. The Balaban J connectivity index is 1.84. The number of nitrogens with one attached hydrogen (secondary N) is 2. The summed E-state index contributed by atoms with van der Waals surface area (Å²) in [6.07, 6.45) is 3.49. The molecule has 0 unspecified atom stereocenters. The molecule has 0 atom stereocenters. The number of anilines is 2. The summed E-state index contributed by atoms with van der Waals surface area (Å²) in [5.41, 5.74) is 2.74. The van der Waals surface area contributed by atoms with E-state index in [4.69, 9.17) is 0 Å². The van der Waals surface area contributed by atoms with Crippen LogP contribution in [0.3, 0.4) is 0 Å². The van der Waals surface area contributed by atoms with Crippen molar-refractivity contribution >= 4 is 23.2 Å². The molecular formula is C24H31N3O2. The van der Waals surface area contributed by atoms with Crippen LogP contribution in [-0.4, -0.2) is 24.9 Å². The minimum atomic E-state index is -0.499. The van der Waals surface area contributed by atoms with Crippen LogP contribution in [-0.2, 0) is 11.3 Å². The van der Waals surface area contributed by atoms with E-state index >= 15 is 0 Å². The molecular weight excluding hydrogens is 362 g/mol. The van der Waals surface area contributed by atoms with Crippen LogP contribution in [0.4, 0.5) is 11.4 Å². The average molecular weight is 394 g/mol. The molecule has 0 aliphatic carbocycles. The van der Waals surface area contributed by atoms with Crippen molar-refractivity contribution in [3.8, 4) is 0 Å². The van der Waals surface area contributed by atoms with Crippen molar-refractivity contribution in [3.05, 3.63) is 59.7 Å². The molecule has 1 aliphatic heterocycles. The Hall–Kier alpha value is -2.82. The van der Waals surface area contributed by atoms with Gasteiger partial charge in [-0.3, -0.25) is 9.59 Å². The average Bonchev–Trinajstić information content (AvgIpc) is 2.72. The number of hydrogen-bond acceptors (Lipinski definition) is 3. The van der Waals surface area contributed by atoms with E-state index in [2.05, 4.69) is 15.5 Å². The number of amides is 2. The Morgan fingerprint density at radius 1 is 0.966 bits per heavy atom. The molecule has 1 fully saturated rings. The van der Waals surface area contributed by atoms with Crippen LogP contribution >= 0.6 is 0 Å². The second kappa shape index (κ2) is 9.12. The van der Waals surface area contributed by atoms with Gasteiger partial charge in [0.1, 0.15) is 0 Å². The second-order valence-electron chi connectivity index (χ2n) is 8.65. The highest BCUT2D eigenvalue weighted by Crippen LogP contribution is 2.28. The first kappa shape index (κ1) is 20.9. The maximum Gasteiger partial charge on any atom is 0.253 e. The second-order valence-corrected chi connectivity index (χ2v) is 8.65. The molecule has 0 aromatic heterocycles. The Labute approximate surface area is 173 Å². The van der Waals surface area contributed by atoms with E-state index in [1.165, 1.54) is 6.42 Å². The highest BCUT2D eigenvalue weighted by molar-refractivity contribution is 6.02. The highest BCUT2D eigenvalue weighted by Gasteiger charge is 2.23. The van der Waals surface area contributed by atoms with Gasteiger partial charge < -0.3 is 15.5 Å². The smallest absolute Gasteiger partial charge is 0.253 e. The fraction of sp³-hybridized carbons (Fsp3) is 0.417. The van der Waals surface area contributed by atoms with Crippen molar-refractivity contribution in [2.24, 2.45) is 5.41 Å². The van der Waals surface area contributed by atoms with Gasteiger partial charge in [-0.25, -0.2) is 0 Å². The van der Waals surface area contributed by atoms with Gasteiger partial charge in [-0.05, 0) is 43.0 Å². The lowest BCUT2D eigenvalue weighted by Gasteiger charge is -2.30. The molecule has 2 N–H and O–H groups in total. The van der Waals surface area contributed by atoms with Crippen molar-refractivity contribution in [1.29, 1.82) is 0 Å². The molecule has 2 amide bonds. The number of piperidine rings is 1. The molecule has 2 aromatic rings. The number of benzene rings is 2. The SMILES string of the molecule is CC(C)(C)C(=O)Nc1ccc(N2CCCCC2)c(C(=O)NCc2ccccc2)c1. The monoisotopic (exact) mass is 393 g/mol. The van der Waals surface area contributed by atoms with Gasteiger partial charge in [0.2, 0.25) is 5.91 Å². The summed E-state index contributed by atoms with van der Waals surface area (Å²) in [6.45, 7) is 7.99. The quantitative estimate of drug-likeness (QED) is 0.781. The van der Waals surface area contributed by atoms with Crippen LogP contribution in [0, 0.1) is 5.41 Å². The molecule has 0 radical (unpaired) electrons. The van der Waals surface area contributed by atoms with E-state index in [-0.39, 0.29) is 11.8 Å². The lowest BCUT2D eigenvalue weighted by Crippen LogP contribution is -2.33. The Bertz CT molecular complexity index is 850. The molecule has 1 saturated heterocycles. The van der Waals surface area contributed by atoms with Crippen LogP contribution in [0.25, 0.3) is 0 Å². The maximum atomic E-state index is 13.1. The van der Waals surface area contributed by atoms with E-state index in [1.807, 2.05) is 63.2 Å². The van der Waals surface area contributed by atoms with Crippen LogP contribution in [0.2, 0.25) is 0 Å². The highest BCUT2D eigenvalue weighted by atomic mass is 16.2. The molecule has 29 heavy (non-hydrogen) atoms. The van der Waals surface area contributed by atoms with Gasteiger partial charge in [-0.1, -0.05) is 51.1 Å². The topological polar surface area (TPSA) is 61.4 Å². The van der Waals surface area contributed by atoms with Gasteiger partial charge in [-0.15, -0.1) is 0 Å². The van der Waals surface area contributed by atoms with Crippen molar-refractivity contribution in [1.82, 2.24) is 5.32 Å². The standard InChI is InChI=1S/C24H31N3O2/c1-24(2,3)23(29)26-19-12-13-21(27-14-8-5-9-15-27)20(16-19)22(28)25-17-18-10-6-4-7-11-18/h4,6-7,10-13,16H,5,8-9,14-15,17H2,1-3H3,(H,25,28)(H,26,29). The fourth-order valence-electron chi connectivity index (χ4n) is 3.40. The van der Waals surface area contributed by atoms with E-state index in [1.54, 1.807) is 6.07 Å². The number of nitrogens with zero attached hydrogens (tertiary/aromatic N) is 1. The molecule has 1 aliphatic rings. The lowest BCUT2D eigenvalue weighted by atomic mass is 9.95. The third-order valence-corrected chi connectivity index (χ3v) is 5.17. The summed E-state index contributed by atoms with van der Waals surface area (Å²) < 4.78 is 0. The van der Waals surface area contributed by atoms with Gasteiger partial charge in [0.15, 0.2) is 0 Å². The van der Waals surface area contributed by atoms with Crippen molar-refractivity contribution < 1.29 is 9.59 Å². The van der Waals surface area contributed by atoms with E-state index < -0.39 is 5.41 Å². The normalized spacial score (nSPS) is 14.4. The fourth-order valence-corrected chi connectivity index (χ4v) is 3.40. The third-order valence-electron chi connectivity index (χ3n) is 5.17. The zero-order valence-corrected chi connectivity index (χ0v) is 17.6. The lowest BCUT2D eigenvalue weighted by molar-refractivity contribution is -0.123. The van der Waals surface area contributed by atoms with Crippen molar-refractivity contribution in [2.75, 3.05) is 23.3 Å². The molecule has 3 rings (SSSR count). The molecule has 0 saturated carbocycles. The third kappa shape index (κ3) is 5.59. The van der Waals surface area contributed by atoms with Gasteiger partial charge >= 0.3 is 0 Å². The first-order valence-corrected chi connectivity index (χ1v) is 10.4. The van der Waals surface area contributed by atoms with E-state index in [0.717, 1.165) is 37.2 Å². The summed E-state index contributed by atoms with van der Waals surface area (Å²) in [7, 11) is 0. The molecule has 0 spiro atoms. The minimum Gasteiger partial charge on any atom is -0.371 e. The first-order chi connectivity index (χ1) is 13.8. The van der Waals surface area contributed by atoms with Gasteiger partial charge in [0.05, 0.1) is 5.56 Å². The summed E-state index contributed by atoms with van der Waals surface area (Å²) >= 11 is 0. The maximum absolute atomic E-state index is 13.1. The van der Waals surface area contributed by atoms with Gasteiger partial charge in [0, 0.05) is 36.4 Å². The predicted molar refractivity (Wildman–Crippen MR) is 118 cm³/mol.